The van der Waals surface area contributed by atoms with Crippen LogP contribution < -0.4 is 0 Å². The maximum Gasteiger partial charge on any atom is 0.352 e. The summed E-state index contributed by atoms with van der Waals surface area (Å²) in [5.74, 6) is -2.38. The molecule has 0 aromatic carbocycles. The predicted octanol–water partition coefficient (Wildman–Crippen LogP) is 0.0267. The van der Waals surface area contributed by atoms with Crippen molar-refractivity contribution in [3.05, 3.63) is 11.3 Å². The van der Waals surface area contributed by atoms with Gasteiger partial charge in [-0.3, -0.25) is 14.5 Å². The zero-order chi connectivity index (χ0) is 17.8. The average Bonchev–Trinajstić information content (AvgIpc) is 3.03. The van der Waals surface area contributed by atoms with Gasteiger partial charge in [-0.2, -0.15) is 0 Å². The Morgan fingerprint density at radius 1 is 1.33 bits per heavy atom. The van der Waals surface area contributed by atoms with Crippen LogP contribution in [0.3, 0.4) is 0 Å². The molecule has 0 bridgehead atoms. The van der Waals surface area contributed by atoms with E-state index in [4.69, 9.17) is 0 Å². The van der Waals surface area contributed by atoms with E-state index < -0.39 is 11.9 Å². The van der Waals surface area contributed by atoms with Gasteiger partial charge >= 0.3 is 5.97 Å². The van der Waals surface area contributed by atoms with Gasteiger partial charge in [-0.25, -0.2) is 4.79 Å². The van der Waals surface area contributed by atoms with E-state index in [1.54, 1.807) is 0 Å². The van der Waals surface area contributed by atoms with Crippen molar-refractivity contribution in [2.24, 2.45) is 11.8 Å². The number of hydrogen-bond acceptors (Lipinski definition) is 5. The number of hydrogen-bond donors (Lipinski definition) is 1. The topological polar surface area (TPSA) is 81.2 Å². The third-order valence-corrected chi connectivity index (χ3v) is 5.76. The molecule has 0 aliphatic carbocycles. The first-order valence-electron chi connectivity index (χ1n) is 8.42. The minimum Gasteiger partial charge on any atom is -0.477 e. The highest BCUT2D eigenvalue weighted by molar-refractivity contribution is 6.10. The molecule has 4 atom stereocenters. The van der Waals surface area contributed by atoms with Crippen molar-refractivity contribution in [2.75, 3.05) is 33.7 Å². The fourth-order valence-electron chi connectivity index (χ4n) is 4.35. The summed E-state index contributed by atoms with van der Waals surface area (Å²) in [5, 5.41) is 9.62. The average molecular weight is 335 g/mol. The second-order valence-corrected chi connectivity index (χ2v) is 7.40. The summed E-state index contributed by atoms with van der Waals surface area (Å²) in [6, 6.07) is 0.155. The molecule has 7 nitrogen and oxygen atoms in total. The summed E-state index contributed by atoms with van der Waals surface area (Å²) in [6.07, 6.45) is 1.05. The molecule has 7 heteroatoms. The van der Waals surface area contributed by atoms with E-state index in [1.807, 2.05) is 6.92 Å². The van der Waals surface area contributed by atoms with Crippen LogP contribution in [0.1, 0.15) is 20.3 Å². The van der Waals surface area contributed by atoms with E-state index in [1.165, 1.54) is 11.8 Å². The van der Waals surface area contributed by atoms with Crippen molar-refractivity contribution in [3.8, 4) is 0 Å². The van der Waals surface area contributed by atoms with Crippen LogP contribution in [0.25, 0.3) is 0 Å². The Bertz CT molecular complexity index is 627. The number of β-lactam (4-membered cyclic amide) rings is 1. The summed E-state index contributed by atoms with van der Waals surface area (Å²) in [6.45, 7) is 5.71. The number of likely N-dealkylation sites (tertiary alicyclic amines) is 1. The fourth-order valence-corrected chi connectivity index (χ4v) is 4.35. The molecule has 0 saturated carbocycles. The molecule has 3 aliphatic heterocycles. The molecule has 2 saturated heterocycles. The SMILES string of the molecule is CC(=O)C1C(=O)N2C(C(=O)O)=C(CN3CC[C@H](N(C)C)C3)[C@H](C)C12. The number of nitrogens with zero attached hydrogens (tertiary/aromatic N) is 3. The van der Waals surface area contributed by atoms with Gasteiger partial charge in [0.05, 0.1) is 6.04 Å². The molecule has 0 aromatic rings. The first-order valence-corrected chi connectivity index (χ1v) is 8.42. The van der Waals surface area contributed by atoms with Crippen LogP contribution in [0.5, 0.6) is 0 Å². The Kier molecular flexibility index (Phi) is 4.25. The lowest BCUT2D eigenvalue weighted by Gasteiger charge is -2.43. The Labute approximate surface area is 141 Å². The lowest BCUT2D eigenvalue weighted by Crippen LogP contribution is -2.62. The van der Waals surface area contributed by atoms with Crippen molar-refractivity contribution in [1.29, 1.82) is 0 Å². The zero-order valence-corrected chi connectivity index (χ0v) is 14.7. The summed E-state index contributed by atoms with van der Waals surface area (Å²) in [5.41, 5.74) is 0.882. The van der Waals surface area contributed by atoms with Crippen LogP contribution >= 0.6 is 0 Å². The molecule has 3 aliphatic rings. The Balaban J connectivity index is 1.83. The van der Waals surface area contributed by atoms with E-state index >= 15 is 0 Å². The molecular weight excluding hydrogens is 310 g/mol. The van der Waals surface area contributed by atoms with Gasteiger partial charge in [0.1, 0.15) is 17.4 Å². The van der Waals surface area contributed by atoms with Gasteiger partial charge in [0.2, 0.25) is 5.91 Å². The van der Waals surface area contributed by atoms with Gasteiger partial charge in [-0.1, -0.05) is 6.92 Å². The van der Waals surface area contributed by atoms with E-state index in [9.17, 15) is 19.5 Å². The quantitative estimate of drug-likeness (QED) is 0.564. The van der Waals surface area contributed by atoms with Crippen molar-refractivity contribution in [2.45, 2.75) is 32.4 Å². The second-order valence-electron chi connectivity index (χ2n) is 7.40. The molecule has 132 valence electrons. The van der Waals surface area contributed by atoms with E-state index in [0.29, 0.717) is 12.6 Å². The number of Topliss-reactive ketones (excluding diaryl/α,β-unsaturated/α-hetero) is 1. The zero-order valence-electron chi connectivity index (χ0n) is 14.7. The van der Waals surface area contributed by atoms with E-state index in [-0.39, 0.29) is 29.3 Å². The summed E-state index contributed by atoms with van der Waals surface area (Å²) in [7, 11) is 4.10. The van der Waals surface area contributed by atoms with Crippen LogP contribution in [0.15, 0.2) is 11.3 Å². The normalized spacial score (nSPS) is 33.2. The number of likely N-dealkylation sites (N-methyl/N-ethyl adjacent to an activating group) is 1. The maximum absolute atomic E-state index is 12.3. The number of ketones is 1. The molecule has 1 amide bonds. The van der Waals surface area contributed by atoms with Crippen molar-refractivity contribution >= 4 is 17.7 Å². The number of amides is 1. The molecule has 24 heavy (non-hydrogen) atoms. The minimum absolute atomic E-state index is 0.0962. The standard InChI is InChI=1S/C17H25N3O4/c1-9-12(8-19-6-5-11(7-19)18(3)4)15(17(23)24)20-14(9)13(10(2)21)16(20)22/h9,11,13-14H,5-8H2,1-4H3,(H,23,24)/t9-,11-,13?,14?/m0/s1. The van der Waals surface area contributed by atoms with Gasteiger partial charge in [0, 0.05) is 31.6 Å². The Morgan fingerprint density at radius 2 is 2.00 bits per heavy atom. The van der Waals surface area contributed by atoms with Crippen molar-refractivity contribution in [1.82, 2.24) is 14.7 Å². The highest BCUT2D eigenvalue weighted by atomic mass is 16.4. The summed E-state index contributed by atoms with van der Waals surface area (Å²) < 4.78 is 0. The minimum atomic E-state index is -1.07. The summed E-state index contributed by atoms with van der Waals surface area (Å²) >= 11 is 0. The first kappa shape index (κ1) is 17.1. The highest BCUT2D eigenvalue weighted by Gasteiger charge is 2.60. The molecule has 0 spiro atoms. The third-order valence-electron chi connectivity index (χ3n) is 5.76. The van der Waals surface area contributed by atoms with Gasteiger partial charge in [-0.05, 0) is 33.0 Å². The first-order chi connectivity index (χ1) is 11.2. The molecule has 2 fully saturated rings. The smallest absolute Gasteiger partial charge is 0.352 e. The van der Waals surface area contributed by atoms with Crippen LogP contribution in [0, 0.1) is 11.8 Å². The van der Waals surface area contributed by atoms with Crippen LogP contribution in [-0.2, 0) is 14.4 Å². The number of rotatable bonds is 5. The van der Waals surface area contributed by atoms with E-state index in [0.717, 1.165) is 25.1 Å². The van der Waals surface area contributed by atoms with Gasteiger partial charge < -0.3 is 14.9 Å². The van der Waals surface area contributed by atoms with Crippen LogP contribution in [0.2, 0.25) is 0 Å². The number of carbonyl (C=O) groups is 3. The lowest BCUT2D eigenvalue weighted by molar-refractivity contribution is -0.160. The predicted molar refractivity (Wildman–Crippen MR) is 87.2 cm³/mol. The highest BCUT2D eigenvalue weighted by Crippen LogP contribution is 2.46. The number of fused-ring (bicyclic) bond motifs is 1. The monoisotopic (exact) mass is 335 g/mol. The number of aliphatic carboxylic acids is 1. The molecule has 3 rings (SSSR count). The Hall–Kier alpha value is -1.73. The Morgan fingerprint density at radius 3 is 2.50 bits per heavy atom. The number of carboxylic acid groups (broad SMARTS) is 1. The molecule has 0 aromatic heterocycles. The van der Waals surface area contributed by atoms with Crippen molar-refractivity contribution < 1.29 is 19.5 Å². The molecule has 2 unspecified atom stereocenters. The van der Waals surface area contributed by atoms with Crippen LogP contribution in [0.4, 0.5) is 0 Å². The second kappa shape index (κ2) is 5.97. The van der Waals surface area contributed by atoms with Gasteiger partial charge in [0.25, 0.3) is 0 Å². The molecule has 0 radical (unpaired) electrons. The molecule has 3 heterocycles. The van der Waals surface area contributed by atoms with Gasteiger partial charge in [-0.15, -0.1) is 0 Å². The third kappa shape index (κ3) is 2.46. The lowest BCUT2D eigenvalue weighted by atomic mass is 9.78. The number of carbonyl (C=O) groups excluding carboxylic acids is 2. The fraction of sp³-hybridized carbons (Fsp3) is 0.706. The van der Waals surface area contributed by atoms with E-state index in [2.05, 4.69) is 23.9 Å². The maximum atomic E-state index is 12.3. The molecular formula is C17H25N3O4. The van der Waals surface area contributed by atoms with Crippen molar-refractivity contribution in [3.63, 3.8) is 0 Å². The van der Waals surface area contributed by atoms with Gasteiger partial charge in [0.15, 0.2) is 0 Å². The number of carboxylic acids is 1. The largest absolute Gasteiger partial charge is 0.477 e. The summed E-state index contributed by atoms with van der Waals surface area (Å²) in [4.78, 5) is 41.5. The van der Waals surface area contributed by atoms with Crippen LogP contribution in [-0.4, -0.2) is 83.3 Å². The molecule has 1 N–H and O–H groups in total.